The highest BCUT2D eigenvalue weighted by molar-refractivity contribution is 9.10. The molecule has 0 aliphatic rings. The maximum Gasteiger partial charge on any atom is 0.277 e. The molecule has 8 nitrogen and oxygen atoms in total. The van der Waals surface area contributed by atoms with Gasteiger partial charge in [0.05, 0.1) is 27.5 Å². The predicted octanol–water partition coefficient (Wildman–Crippen LogP) is 2.71. The number of benzene rings is 2. The van der Waals surface area contributed by atoms with Crippen LogP contribution in [-0.2, 0) is 4.79 Å². The topological polar surface area (TPSA) is 98.6 Å². The van der Waals surface area contributed by atoms with Crippen LogP contribution in [0.1, 0.15) is 5.56 Å². The number of carbonyl (C=O) groups excluding carboxylic acids is 1. The molecular weight excluding hydrogens is 420 g/mol. The zero-order chi connectivity index (χ0) is 19.8. The van der Waals surface area contributed by atoms with Gasteiger partial charge in [-0.3, -0.25) is 4.79 Å². The Kier molecular flexibility index (Phi) is 7.30. The van der Waals surface area contributed by atoms with E-state index in [0.29, 0.717) is 17.1 Å². The Balaban J connectivity index is 1.96. The third-order valence-corrected chi connectivity index (χ3v) is 3.88. The van der Waals surface area contributed by atoms with Crippen molar-refractivity contribution in [3.63, 3.8) is 0 Å². The SMILES string of the molecule is COc1cc(Br)ccc1OCC(=O)N/N=C\c1cc(OC)c(O)c(OC)c1. The van der Waals surface area contributed by atoms with Crippen LogP contribution >= 0.6 is 15.9 Å². The Bertz CT molecular complexity index is 816. The molecule has 2 N–H and O–H groups in total. The van der Waals surface area contributed by atoms with Crippen LogP contribution in [0, 0.1) is 0 Å². The lowest BCUT2D eigenvalue weighted by Crippen LogP contribution is -2.24. The quantitative estimate of drug-likeness (QED) is 0.485. The fourth-order valence-electron chi connectivity index (χ4n) is 2.10. The first-order valence-electron chi connectivity index (χ1n) is 7.71. The molecule has 0 radical (unpaired) electrons. The van der Waals surface area contributed by atoms with Crippen LogP contribution in [0.3, 0.4) is 0 Å². The molecule has 0 saturated heterocycles. The number of carbonyl (C=O) groups is 1. The molecule has 9 heteroatoms. The van der Waals surface area contributed by atoms with Gasteiger partial charge in [0.2, 0.25) is 5.75 Å². The number of hydrazone groups is 1. The van der Waals surface area contributed by atoms with Crippen molar-refractivity contribution in [2.45, 2.75) is 0 Å². The summed E-state index contributed by atoms with van der Waals surface area (Å²) in [6.07, 6.45) is 1.39. The molecule has 0 unspecified atom stereocenters. The van der Waals surface area contributed by atoms with Crippen molar-refractivity contribution in [1.82, 2.24) is 5.43 Å². The van der Waals surface area contributed by atoms with Gasteiger partial charge in [-0.15, -0.1) is 0 Å². The van der Waals surface area contributed by atoms with Crippen LogP contribution in [-0.4, -0.2) is 45.2 Å². The van der Waals surface area contributed by atoms with Crippen LogP contribution in [0.5, 0.6) is 28.7 Å². The van der Waals surface area contributed by atoms with E-state index in [2.05, 4.69) is 26.5 Å². The van der Waals surface area contributed by atoms with Crippen molar-refractivity contribution >= 4 is 28.1 Å². The summed E-state index contributed by atoms with van der Waals surface area (Å²) in [5, 5.41) is 13.7. The first kappa shape index (κ1) is 20.4. The van der Waals surface area contributed by atoms with Crippen LogP contribution in [0.15, 0.2) is 39.9 Å². The van der Waals surface area contributed by atoms with Gasteiger partial charge < -0.3 is 24.1 Å². The number of rotatable bonds is 8. The predicted molar refractivity (Wildman–Crippen MR) is 103 cm³/mol. The zero-order valence-electron chi connectivity index (χ0n) is 15.0. The van der Waals surface area contributed by atoms with Crippen LogP contribution in [0.4, 0.5) is 0 Å². The normalized spacial score (nSPS) is 10.5. The van der Waals surface area contributed by atoms with Gasteiger partial charge in [-0.05, 0) is 30.3 Å². The molecule has 0 saturated carbocycles. The number of hydrogen-bond donors (Lipinski definition) is 2. The third kappa shape index (κ3) is 5.52. The fraction of sp³-hybridized carbons (Fsp3) is 0.222. The third-order valence-electron chi connectivity index (χ3n) is 3.39. The molecule has 144 valence electrons. The van der Waals surface area contributed by atoms with Gasteiger partial charge in [0, 0.05) is 10.0 Å². The molecule has 0 atom stereocenters. The van der Waals surface area contributed by atoms with E-state index in [4.69, 9.17) is 18.9 Å². The van der Waals surface area contributed by atoms with Gasteiger partial charge in [-0.1, -0.05) is 15.9 Å². The van der Waals surface area contributed by atoms with Crippen LogP contribution in [0.25, 0.3) is 0 Å². The average molecular weight is 439 g/mol. The Morgan fingerprint density at radius 2 is 1.70 bits per heavy atom. The highest BCUT2D eigenvalue weighted by Crippen LogP contribution is 2.36. The van der Waals surface area contributed by atoms with E-state index in [1.807, 2.05) is 0 Å². The van der Waals surface area contributed by atoms with E-state index in [1.165, 1.54) is 27.5 Å². The average Bonchev–Trinajstić information content (AvgIpc) is 2.67. The molecule has 2 aromatic rings. The highest BCUT2D eigenvalue weighted by Gasteiger charge is 2.11. The second-order valence-electron chi connectivity index (χ2n) is 5.15. The van der Waals surface area contributed by atoms with E-state index in [-0.39, 0.29) is 23.9 Å². The zero-order valence-corrected chi connectivity index (χ0v) is 16.6. The maximum atomic E-state index is 11.9. The molecule has 0 aliphatic heterocycles. The summed E-state index contributed by atoms with van der Waals surface area (Å²) in [7, 11) is 4.36. The highest BCUT2D eigenvalue weighted by atomic mass is 79.9. The van der Waals surface area contributed by atoms with E-state index in [9.17, 15) is 9.90 Å². The molecule has 2 rings (SSSR count). The lowest BCUT2D eigenvalue weighted by molar-refractivity contribution is -0.123. The maximum absolute atomic E-state index is 11.9. The minimum atomic E-state index is -0.450. The van der Waals surface area contributed by atoms with Crippen LogP contribution in [0.2, 0.25) is 0 Å². The second-order valence-corrected chi connectivity index (χ2v) is 6.07. The Morgan fingerprint density at radius 1 is 1.07 bits per heavy atom. The first-order chi connectivity index (χ1) is 13.0. The smallest absolute Gasteiger partial charge is 0.277 e. The van der Waals surface area contributed by atoms with E-state index < -0.39 is 5.91 Å². The number of amides is 1. The van der Waals surface area contributed by atoms with Gasteiger partial charge in [-0.2, -0.15) is 5.10 Å². The van der Waals surface area contributed by atoms with Crippen molar-refractivity contribution in [3.05, 3.63) is 40.4 Å². The number of hydrogen-bond acceptors (Lipinski definition) is 7. The summed E-state index contributed by atoms with van der Waals surface area (Å²) in [5.74, 6) is 0.837. The van der Waals surface area contributed by atoms with Gasteiger partial charge in [-0.25, -0.2) is 5.43 Å². The van der Waals surface area contributed by atoms with Crippen LogP contribution < -0.4 is 24.4 Å². The summed E-state index contributed by atoms with van der Waals surface area (Å²) < 4.78 is 21.6. The van der Waals surface area contributed by atoms with E-state index in [0.717, 1.165) is 4.47 Å². The first-order valence-corrected chi connectivity index (χ1v) is 8.51. The number of nitrogens with zero attached hydrogens (tertiary/aromatic N) is 1. The standard InChI is InChI=1S/C18H19BrN2O6/c1-24-14-8-12(19)4-5-13(14)27-10-17(22)21-20-9-11-6-15(25-2)18(23)16(7-11)26-3/h4-9,23H,10H2,1-3H3,(H,21,22)/b20-9-. The molecule has 0 fully saturated rings. The number of aromatic hydroxyl groups is 1. The van der Waals surface area contributed by atoms with Crippen molar-refractivity contribution in [2.75, 3.05) is 27.9 Å². The van der Waals surface area contributed by atoms with E-state index in [1.54, 1.807) is 30.3 Å². The van der Waals surface area contributed by atoms with Gasteiger partial charge in [0.25, 0.3) is 5.91 Å². The number of phenolic OH excluding ortho intramolecular Hbond substituents is 1. The Hall–Kier alpha value is -2.94. The molecule has 0 heterocycles. The summed E-state index contributed by atoms with van der Waals surface area (Å²) in [5.41, 5.74) is 2.92. The fourth-order valence-corrected chi connectivity index (χ4v) is 2.44. The molecule has 0 bridgehead atoms. The Labute approximate surface area is 164 Å². The summed E-state index contributed by atoms with van der Waals surface area (Å²) in [4.78, 5) is 11.9. The van der Waals surface area contributed by atoms with E-state index >= 15 is 0 Å². The molecule has 0 aromatic heterocycles. The number of phenols is 1. The van der Waals surface area contributed by atoms with Gasteiger partial charge in [0.15, 0.2) is 29.6 Å². The molecule has 27 heavy (non-hydrogen) atoms. The van der Waals surface area contributed by atoms with Crippen molar-refractivity contribution in [3.8, 4) is 28.7 Å². The van der Waals surface area contributed by atoms with Gasteiger partial charge in [0.1, 0.15) is 0 Å². The summed E-state index contributed by atoms with van der Waals surface area (Å²) in [6, 6.07) is 8.30. The second kappa shape index (κ2) is 9.67. The number of ether oxygens (including phenoxy) is 4. The minimum Gasteiger partial charge on any atom is -0.502 e. The Morgan fingerprint density at radius 3 is 2.30 bits per heavy atom. The number of methoxy groups -OCH3 is 3. The molecule has 0 aliphatic carbocycles. The number of nitrogens with one attached hydrogen (secondary N) is 1. The molecular formula is C18H19BrN2O6. The van der Waals surface area contributed by atoms with Crippen molar-refractivity contribution < 1.29 is 28.8 Å². The lowest BCUT2D eigenvalue weighted by atomic mass is 10.2. The number of halogens is 1. The lowest BCUT2D eigenvalue weighted by Gasteiger charge is -2.10. The van der Waals surface area contributed by atoms with Crippen molar-refractivity contribution in [2.24, 2.45) is 5.10 Å². The summed E-state index contributed by atoms with van der Waals surface area (Å²) >= 11 is 3.33. The van der Waals surface area contributed by atoms with Gasteiger partial charge >= 0.3 is 0 Å². The van der Waals surface area contributed by atoms with Crippen molar-refractivity contribution in [1.29, 1.82) is 0 Å². The minimum absolute atomic E-state index is 0.113. The molecule has 2 aromatic carbocycles. The molecule has 0 spiro atoms. The largest absolute Gasteiger partial charge is 0.502 e. The molecule has 1 amide bonds. The monoisotopic (exact) mass is 438 g/mol. The summed E-state index contributed by atoms with van der Waals surface area (Å²) in [6.45, 7) is -0.239.